The van der Waals surface area contributed by atoms with E-state index in [1.54, 1.807) is 0 Å². The van der Waals surface area contributed by atoms with Crippen molar-refractivity contribution >= 4 is 12.2 Å². The van der Waals surface area contributed by atoms with Crippen molar-refractivity contribution in [3.8, 4) is 0 Å². The van der Waals surface area contributed by atoms with Gasteiger partial charge in [-0.05, 0) is 19.1 Å². The first-order valence-electron chi connectivity index (χ1n) is 4.77. The second kappa shape index (κ2) is 3.98. The molecular weight excluding hydrogens is 212 g/mol. The average molecular weight is 224 g/mol. The fourth-order valence-electron chi connectivity index (χ4n) is 1.44. The Labute approximate surface area is 92.1 Å². The van der Waals surface area contributed by atoms with Gasteiger partial charge in [0.25, 0.3) is 0 Å². The molecule has 6 heteroatoms. The first-order chi connectivity index (χ1) is 7.20. The standard InChI is InChI=1S/C9H12N4OS/c1-3-8-10-11-9(15)13(8)5-7-4-6(2)14-12-7/h4H,3,5H2,1-2H3,(H,11,15). The summed E-state index contributed by atoms with van der Waals surface area (Å²) < 4.78 is 7.54. The third-order valence-electron chi connectivity index (χ3n) is 2.15. The zero-order chi connectivity index (χ0) is 10.8. The number of nitrogens with zero attached hydrogens (tertiary/aromatic N) is 3. The second-order valence-corrected chi connectivity index (χ2v) is 3.70. The van der Waals surface area contributed by atoms with Gasteiger partial charge in [0.2, 0.25) is 0 Å². The quantitative estimate of drug-likeness (QED) is 0.808. The van der Waals surface area contributed by atoms with Crippen LogP contribution in [0.15, 0.2) is 10.6 Å². The number of hydrogen-bond donors (Lipinski definition) is 1. The average Bonchev–Trinajstić information content (AvgIpc) is 2.76. The summed E-state index contributed by atoms with van der Waals surface area (Å²) in [6, 6.07) is 1.90. The minimum absolute atomic E-state index is 0.607. The molecular formula is C9H12N4OS. The highest BCUT2D eigenvalue weighted by atomic mass is 32.1. The minimum atomic E-state index is 0.607. The summed E-state index contributed by atoms with van der Waals surface area (Å²) in [7, 11) is 0. The van der Waals surface area contributed by atoms with E-state index in [1.165, 1.54) is 0 Å². The van der Waals surface area contributed by atoms with Crippen LogP contribution in [0.5, 0.6) is 0 Å². The van der Waals surface area contributed by atoms with Crippen LogP contribution in [0.25, 0.3) is 0 Å². The van der Waals surface area contributed by atoms with Crippen molar-refractivity contribution in [1.29, 1.82) is 0 Å². The van der Waals surface area contributed by atoms with Gasteiger partial charge in [-0.1, -0.05) is 12.1 Å². The Balaban J connectivity index is 2.31. The number of aromatic amines is 1. The van der Waals surface area contributed by atoms with Crippen molar-refractivity contribution < 1.29 is 4.52 Å². The van der Waals surface area contributed by atoms with Crippen molar-refractivity contribution in [2.75, 3.05) is 0 Å². The van der Waals surface area contributed by atoms with E-state index in [-0.39, 0.29) is 0 Å². The zero-order valence-electron chi connectivity index (χ0n) is 8.65. The molecule has 0 aliphatic heterocycles. The monoisotopic (exact) mass is 224 g/mol. The van der Waals surface area contributed by atoms with E-state index in [4.69, 9.17) is 16.7 Å². The molecule has 0 fully saturated rings. The lowest BCUT2D eigenvalue weighted by Gasteiger charge is -2.00. The molecule has 0 atom stereocenters. The lowest BCUT2D eigenvalue weighted by molar-refractivity contribution is 0.388. The predicted molar refractivity (Wildman–Crippen MR) is 57.1 cm³/mol. The van der Waals surface area contributed by atoms with Gasteiger partial charge in [0.15, 0.2) is 4.77 Å². The Hall–Kier alpha value is -1.43. The van der Waals surface area contributed by atoms with E-state index in [0.717, 1.165) is 23.7 Å². The molecule has 0 spiro atoms. The smallest absolute Gasteiger partial charge is 0.195 e. The van der Waals surface area contributed by atoms with Crippen LogP contribution in [0.2, 0.25) is 0 Å². The van der Waals surface area contributed by atoms with Crippen LogP contribution in [-0.4, -0.2) is 19.9 Å². The number of hydrogen-bond acceptors (Lipinski definition) is 4. The van der Waals surface area contributed by atoms with Gasteiger partial charge < -0.3 is 4.52 Å². The van der Waals surface area contributed by atoms with Crippen LogP contribution in [0.4, 0.5) is 0 Å². The Kier molecular flexibility index (Phi) is 2.68. The van der Waals surface area contributed by atoms with Gasteiger partial charge in [-0.2, -0.15) is 5.10 Å². The zero-order valence-corrected chi connectivity index (χ0v) is 9.47. The molecule has 0 aromatic carbocycles. The minimum Gasteiger partial charge on any atom is -0.361 e. The molecule has 0 saturated carbocycles. The molecule has 2 aromatic heterocycles. The maximum Gasteiger partial charge on any atom is 0.195 e. The van der Waals surface area contributed by atoms with Crippen molar-refractivity contribution in [2.24, 2.45) is 0 Å². The molecule has 5 nitrogen and oxygen atoms in total. The molecule has 0 saturated heterocycles. The largest absolute Gasteiger partial charge is 0.361 e. The third kappa shape index (κ3) is 1.99. The molecule has 0 aliphatic carbocycles. The van der Waals surface area contributed by atoms with Gasteiger partial charge in [0, 0.05) is 12.5 Å². The molecule has 2 aromatic rings. The third-order valence-corrected chi connectivity index (χ3v) is 2.46. The van der Waals surface area contributed by atoms with Crippen LogP contribution in [-0.2, 0) is 13.0 Å². The van der Waals surface area contributed by atoms with Gasteiger partial charge in [-0.25, -0.2) is 0 Å². The van der Waals surface area contributed by atoms with Crippen molar-refractivity contribution in [3.63, 3.8) is 0 Å². The number of H-pyrrole nitrogens is 1. The molecule has 0 bridgehead atoms. The molecule has 0 radical (unpaired) electrons. The van der Waals surface area contributed by atoms with Gasteiger partial charge in [-0.15, -0.1) is 0 Å². The molecule has 0 aliphatic rings. The lowest BCUT2D eigenvalue weighted by atomic mass is 10.3. The number of aryl methyl sites for hydroxylation is 2. The van der Waals surface area contributed by atoms with Gasteiger partial charge in [-0.3, -0.25) is 9.67 Å². The van der Waals surface area contributed by atoms with E-state index >= 15 is 0 Å². The summed E-state index contributed by atoms with van der Waals surface area (Å²) in [5, 5.41) is 10.8. The summed E-state index contributed by atoms with van der Waals surface area (Å²) in [6.45, 7) is 4.51. The lowest BCUT2D eigenvalue weighted by Crippen LogP contribution is -2.04. The predicted octanol–water partition coefficient (Wildman–Crippen LogP) is 1.85. The SMILES string of the molecule is CCc1n[nH]c(=S)n1Cc1cc(C)on1. The van der Waals surface area contributed by atoms with Crippen LogP contribution in [0, 0.1) is 11.7 Å². The first kappa shape index (κ1) is 10.1. The fraction of sp³-hybridized carbons (Fsp3) is 0.444. The van der Waals surface area contributed by atoms with Crippen LogP contribution in [0.1, 0.15) is 24.2 Å². The van der Waals surface area contributed by atoms with Crippen LogP contribution < -0.4 is 0 Å². The van der Waals surface area contributed by atoms with Gasteiger partial charge in [0.05, 0.1) is 6.54 Å². The van der Waals surface area contributed by atoms with E-state index in [9.17, 15) is 0 Å². The molecule has 0 amide bonds. The first-order valence-corrected chi connectivity index (χ1v) is 5.17. The van der Waals surface area contributed by atoms with E-state index < -0.39 is 0 Å². The van der Waals surface area contributed by atoms with Crippen molar-refractivity contribution in [1.82, 2.24) is 19.9 Å². The normalized spacial score (nSPS) is 10.8. The summed E-state index contributed by atoms with van der Waals surface area (Å²) >= 11 is 5.13. The molecule has 80 valence electrons. The van der Waals surface area contributed by atoms with Crippen LogP contribution in [0.3, 0.4) is 0 Å². The van der Waals surface area contributed by atoms with Crippen LogP contribution >= 0.6 is 12.2 Å². The Morgan fingerprint density at radius 1 is 1.60 bits per heavy atom. The highest BCUT2D eigenvalue weighted by Gasteiger charge is 2.07. The van der Waals surface area contributed by atoms with E-state index in [0.29, 0.717) is 11.3 Å². The van der Waals surface area contributed by atoms with E-state index in [1.807, 2.05) is 24.5 Å². The summed E-state index contributed by atoms with van der Waals surface area (Å²) in [4.78, 5) is 0. The number of nitrogens with one attached hydrogen (secondary N) is 1. The molecule has 2 heterocycles. The summed E-state index contributed by atoms with van der Waals surface area (Å²) in [5.41, 5.74) is 0.861. The second-order valence-electron chi connectivity index (χ2n) is 3.31. The summed E-state index contributed by atoms with van der Waals surface area (Å²) in [6.07, 6.45) is 0.837. The Bertz CT molecular complexity index is 510. The van der Waals surface area contributed by atoms with Crippen molar-refractivity contribution in [3.05, 3.63) is 28.1 Å². The fourth-order valence-corrected chi connectivity index (χ4v) is 1.65. The maximum absolute atomic E-state index is 5.13. The Morgan fingerprint density at radius 2 is 2.40 bits per heavy atom. The maximum atomic E-state index is 5.13. The van der Waals surface area contributed by atoms with Gasteiger partial charge >= 0.3 is 0 Å². The summed E-state index contributed by atoms with van der Waals surface area (Å²) in [5.74, 6) is 1.73. The number of aromatic nitrogens is 4. The molecule has 0 unspecified atom stereocenters. The van der Waals surface area contributed by atoms with Crippen molar-refractivity contribution in [2.45, 2.75) is 26.8 Å². The topological polar surface area (TPSA) is 59.6 Å². The Morgan fingerprint density at radius 3 is 3.00 bits per heavy atom. The number of rotatable bonds is 3. The molecule has 2 rings (SSSR count). The highest BCUT2D eigenvalue weighted by molar-refractivity contribution is 7.71. The van der Waals surface area contributed by atoms with Gasteiger partial charge in [0.1, 0.15) is 17.3 Å². The highest BCUT2D eigenvalue weighted by Crippen LogP contribution is 2.06. The molecule has 1 N–H and O–H groups in total. The van der Waals surface area contributed by atoms with E-state index in [2.05, 4.69) is 15.4 Å². The molecule has 15 heavy (non-hydrogen) atoms.